The highest BCUT2D eigenvalue weighted by Crippen LogP contribution is 2.27. The maximum Gasteiger partial charge on any atom is 0.336 e. The predicted octanol–water partition coefficient (Wildman–Crippen LogP) is 2.37. The zero-order valence-corrected chi connectivity index (χ0v) is 13.2. The van der Waals surface area contributed by atoms with Gasteiger partial charge in [0.25, 0.3) is 0 Å². The van der Waals surface area contributed by atoms with Crippen LogP contribution in [-0.4, -0.2) is 36.9 Å². The summed E-state index contributed by atoms with van der Waals surface area (Å²) < 4.78 is 26.7. The first-order valence-electron chi connectivity index (χ1n) is 7.26. The minimum atomic E-state index is -3.59. The molecule has 1 aromatic carbocycles. The molecule has 0 aromatic heterocycles. The zero-order chi connectivity index (χ0) is 15.6. The lowest BCUT2D eigenvalue weighted by Crippen LogP contribution is -2.29. The van der Waals surface area contributed by atoms with Crippen molar-refractivity contribution in [1.82, 2.24) is 4.31 Å². The van der Waals surface area contributed by atoms with Gasteiger partial charge in [0, 0.05) is 13.1 Å². The molecule has 1 unspecified atom stereocenters. The van der Waals surface area contributed by atoms with Crippen LogP contribution in [0.4, 0.5) is 0 Å². The number of nitrogens with zero attached hydrogens (tertiary/aromatic N) is 1. The van der Waals surface area contributed by atoms with Gasteiger partial charge in [0.1, 0.15) is 0 Å². The third-order valence-electron chi connectivity index (χ3n) is 4.16. The lowest BCUT2D eigenvalue weighted by molar-refractivity contribution is 0.0695. The third kappa shape index (κ3) is 3.11. The van der Waals surface area contributed by atoms with Gasteiger partial charge in [-0.25, -0.2) is 13.2 Å². The Labute approximate surface area is 125 Å². The summed E-state index contributed by atoms with van der Waals surface area (Å²) in [6.45, 7) is 4.94. The molecule has 5 nitrogen and oxygen atoms in total. The number of sulfonamides is 1. The van der Waals surface area contributed by atoms with Crippen molar-refractivity contribution in [3.63, 3.8) is 0 Å². The van der Waals surface area contributed by atoms with Gasteiger partial charge < -0.3 is 5.11 Å². The van der Waals surface area contributed by atoms with Gasteiger partial charge in [0.2, 0.25) is 10.0 Å². The summed E-state index contributed by atoms with van der Waals surface area (Å²) in [6, 6.07) is 4.40. The highest BCUT2D eigenvalue weighted by Gasteiger charge is 2.32. The molecule has 0 aliphatic carbocycles. The van der Waals surface area contributed by atoms with E-state index >= 15 is 0 Å². The molecule has 0 bridgehead atoms. The van der Waals surface area contributed by atoms with Crippen molar-refractivity contribution in [3.8, 4) is 0 Å². The van der Waals surface area contributed by atoms with E-state index in [0.29, 0.717) is 31.0 Å². The number of aryl methyl sites for hydroxylation is 1. The summed E-state index contributed by atoms with van der Waals surface area (Å²) in [5.41, 5.74) is 0.721. The average Bonchev–Trinajstić information content (AvgIpc) is 2.96. The number of rotatable bonds is 5. The van der Waals surface area contributed by atoms with Crippen LogP contribution in [0.15, 0.2) is 23.1 Å². The average molecular weight is 311 g/mol. The first-order chi connectivity index (χ1) is 9.90. The van der Waals surface area contributed by atoms with E-state index < -0.39 is 16.0 Å². The quantitative estimate of drug-likeness (QED) is 0.906. The van der Waals surface area contributed by atoms with Crippen LogP contribution in [0, 0.1) is 5.92 Å². The summed E-state index contributed by atoms with van der Waals surface area (Å²) >= 11 is 0. The Morgan fingerprint density at radius 3 is 2.62 bits per heavy atom. The Kier molecular flexibility index (Phi) is 4.68. The largest absolute Gasteiger partial charge is 0.478 e. The van der Waals surface area contributed by atoms with E-state index in [1.807, 2.05) is 6.92 Å². The topological polar surface area (TPSA) is 74.7 Å². The highest BCUT2D eigenvalue weighted by molar-refractivity contribution is 7.89. The van der Waals surface area contributed by atoms with Gasteiger partial charge in [0.05, 0.1) is 10.5 Å². The number of carboxylic acid groups (broad SMARTS) is 1. The molecule has 2 rings (SSSR count). The summed E-state index contributed by atoms with van der Waals surface area (Å²) in [6.07, 6.45) is 2.39. The molecule has 1 saturated heterocycles. The molecule has 6 heteroatoms. The van der Waals surface area contributed by atoms with E-state index in [-0.39, 0.29) is 10.5 Å². The Morgan fingerprint density at radius 1 is 1.38 bits per heavy atom. The number of benzene rings is 1. The van der Waals surface area contributed by atoms with Gasteiger partial charge in [-0.1, -0.05) is 26.3 Å². The van der Waals surface area contributed by atoms with Crippen LogP contribution in [0.5, 0.6) is 0 Å². The van der Waals surface area contributed by atoms with Crippen LogP contribution in [0.2, 0.25) is 0 Å². The lowest BCUT2D eigenvalue weighted by Gasteiger charge is -2.17. The molecule has 21 heavy (non-hydrogen) atoms. The number of hydrogen-bond acceptors (Lipinski definition) is 3. The van der Waals surface area contributed by atoms with Gasteiger partial charge in [-0.3, -0.25) is 0 Å². The van der Waals surface area contributed by atoms with Gasteiger partial charge in [-0.2, -0.15) is 4.31 Å². The Bertz CT molecular complexity index is 639. The SMILES string of the molecule is CCc1ccc(S(=O)(=O)N2CCC(CC)C2)cc1C(=O)O. The second kappa shape index (κ2) is 6.15. The molecule has 1 heterocycles. The van der Waals surface area contributed by atoms with Crippen molar-refractivity contribution < 1.29 is 18.3 Å². The van der Waals surface area contributed by atoms with E-state index in [0.717, 1.165) is 12.8 Å². The van der Waals surface area contributed by atoms with Crippen LogP contribution >= 0.6 is 0 Å². The van der Waals surface area contributed by atoms with Gasteiger partial charge in [-0.15, -0.1) is 0 Å². The normalized spacial score (nSPS) is 19.8. The van der Waals surface area contributed by atoms with Crippen molar-refractivity contribution in [3.05, 3.63) is 29.3 Å². The van der Waals surface area contributed by atoms with Crippen molar-refractivity contribution in [2.75, 3.05) is 13.1 Å². The fraction of sp³-hybridized carbons (Fsp3) is 0.533. The highest BCUT2D eigenvalue weighted by atomic mass is 32.2. The second-order valence-electron chi connectivity index (χ2n) is 5.40. The molecule has 1 aliphatic heterocycles. The second-order valence-corrected chi connectivity index (χ2v) is 7.34. The molecule has 1 aliphatic rings. The van der Waals surface area contributed by atoms with E-state index in [4.69, 9.17) is 0 Å². The summed E-state index contributed by atoms with van der Waals surface area (Å²) in [5.74, 6) is -0.689. The molecule has 116 valence electrons. The molecule has 0 spiro atoms. The van der Waals surface area contributed by atoms with Crippen LogP contribution in [0.3, 0.4) is 0 Å². The molecule has 0 amide bonds. The van der Waals surface area contributed by atoms with Crippen LogP contribution < -0.4 is 0 Å². The minimum Gasteiger partial charge on any atom is -0.478 e. The van der Waals surface area contributed by atoms with Crippen LogP contribution in [0.25, 0.3) is 0 Å². The smallest absolute Gasteiger partial charge is 0.336 e. The van der Waals surface area contributed by atoms with E-state index in [1.54, 1.807) is 6.07 Å². The van der Waals surface area contributed by atoms with Gasteiger partial charge in [-0.05, 0) is 36.5 Å². The lowest BCUT2D eigenvalue weighted by atomic mass is 10.1. The number of carboxylic acids is 1. The molecule has 1 aromatic rings. The summed E-state index contributed by atoms with van der Waals surface area (Å²) in [4.78, 5) is 11.3. The minimum absolute atomic E-state index is 0.0739. The van der Waals surface area contributed by atoms with E-state index in [9.17, 15) is 18.3 Å². The Balaban J connectivity index is 2.37. The van der Waals surface area contributed by atoms with Crippen molar-refractivity contribution in [2.24, 2.45) is 5.92 Å². The molecule has 1 atom stereocenters. The first kappa shape index (κ1) is 16.0. The number of carbonyl (C=O) groups is 1. The molecule has 0 saturated carbocycles. The monoisotopic (exact) mass is 311 g/mol. The first-order valence-corrected chi connectivity index (χ1v) is 8.70. The van der Waals surface area contributed by atoms with Crippen molar-refractivity contribution >= 4 is 16.0 Å². The number of aromatic carboxylic acids is 1. The van der Waals surface area contributed by atoms with E-state index in [1.165, 1.54) is 16.4 Å². The summed E-state index contributed by atoms with van der Waals surface area (Å²) in [5, 5.41) is 9.22. The van der Waals surface area contributed by atoms with E-state index in [2.05, 4.69) is 6.92 Å². The maximum atomic E-state index is 12.6. The van der Waals surface area contributed by atoms with Gasteiger partial charge in [0.15, 0.2) is 0 Å². The van der Waals surface area contributed by atoms with Gasteiger partial charge >= 0.3 is 5.97 Å². The molecule has 1 fully saturated rings. The zero-order valence-electron chi connectivity index (χ0n) is 12.4. The molecular weight excluding hydrogens is 290 g/mol. The van der Waals surface area contributed by atoms with Crippen LogP contribution in [0.1, 0.15) is 42.6 Å². The maximum absolute atomic E-state index is 12.6. The fourth-order valence-electron chi connectivity index (χ4n) is 2.72. The summed E-state index contributed by atoms with van der Waals surface area (Å²) in [7, 11) is -3.59. The predicted molar refractivity (Wildman–Crippen MR) is 79.9 cm³/mol. The molecule has 1 N–H and O–H groups in total. The molecular formula is C15H21NO4S. The Hall–Kier alpha value is -1.40. The molecule has 0 radical (unpaired) electrons. The third-order valence-corrected chi connectivity index (χ3v) is 6.02. The Morgan fingerprint density at radius 2 is 2.10 bits per heavy atom. The van der Waals surface area contributed by atoms with Crippen molar-refractivity contribution in [1.29, 1.82) is 0 Å². The number of hydrogen-bond donors (Lipinski definition) is 1. The van der Waals surface area contributed by atoms with Crippen LogP contribution in [-0.2, 0) is 16.4 Å². The van der Waals surface area contributed by atoms with Crippen molar-refractivity contribution in [2.45, 2.75) is 38.0 Å². The standard InChI is InChI=1S/C15H21NO4S/c1-3-11-7-8-16(10-11)21(19,20)13-6-5-12(4-2)14(9-13)15(17)18/h5-6,9,11H,3-4,7-8,10H2,1-2H3,(H,17,18). The fourth-order valence-corrected chi connectivity index (χ4v) is 4.28.